The lowest BCUT2D eigenvalue weighted by Gasteiger charge is -2.28. The van der Waals surface area contributed by atoms with E-state index in [0.717, 1.165) is 6.54 Å². The van der Waals surface area contributed by atoms with Crippen LogP contribution in [0.1, 0.15) is 55.8 Å². The average Bonchev–Trinajstić information content (AvgIpc) is 2.87. The lowest BCUT2D eigenvalue weighted by molar-refractivity contribution is 0.227. The molecule has 1 saturated heterocycles. The fourth-order valence-electron chi connectivity index (χ4n) is 3.84. The summed E-state index contributed by atoms with van der Waals surface area (Å²) in [5, 5.41) is 3.52. The zero-order valence-electron chi connectivity index (χ0n) is 14.5. The molecule has 2 nitrogen and oxygen atoms in total. The molecule has 0 aliphatic carbocycles. The van der Waals surface area contributed by atoms with Crippen LogP contribution in [0, 0.1) is 19.3 Å². The molecule has 1 aromatic rings. The van der Waals surface area contributed by atoms with Gasteiger partial charge < -0.3 is 10.2 Å². The third kappa shape index (κ3) is 3.87. The summed E-state index contributed by atoms with van der Waals surface area (Å²) in [7, 11) is 2.09. The van der Waals surface area contributed by atoms with Crippen LogP contribution in [0.3, 0.4) is 0 Å². The molecule has 1 N–H and O–H groups in total. The van der Waals surface area contributed by atoms with Gasteiger partial charge >= 0.3 is 0 Å². The maximum atomic E-state index is 3.52. The van der Waals surface area contributed by atoms with Crippen LogP contribution in [0.5, 0.6) is 0 Å². The van der Waals surface area contributed by atoms with E-state index in [1.54, 1.807) is 0 Å². The first-order chi connectivity index (χ1) is 10.0. The Morgan fingerprint density at radius 3 is 2.24 bits per heavy atom. The second-order valence-corrected chi connectivity index (χ2v) is 6.95. The highest BCUT2D eigenvalue weighted by Crippen LogP contribution is 2.37. The van der Waals surface area contributed by atoms with Gasteiger partial charge in [0.2, 0.25) is 0 Å². The molecule has 1 fully saturated rings. The Morgan fingerprint density at radius 2 is 1.76 bits per heavy atom. The van der Waals surface area contributed by atoms with E-state index in [-0.39, 0.29) is 0 Å². The molecule has 0 radical (unpaired) electrons. The molecule has 0 bridgehead atoms. The number of hydrogen-bond donors (Lipinski definition) is 1. The van der Waals surface area contributed by atoms with Gasteiger partial charge in [-0.3, -0.25) is 0 Å². The van der Waals surface area contributed by atoms with Gasteiger partial charge in [-0.15, -0.1) is 0 Å². The Balaban J connectivity index is 2.06. The van der Waals surface area contributed by atoms with Crippen LogP contribution in [0.25, 0.3) is 0 Å². The van der Waals surface area contributed by atoms with E-state index in [1.807, 2.05) is 0 Å². The number of benzene rings is 1. The molecule has 2 heteroatoms. The van der Waals surface area contributed by atoms with Gasteiger partial charge in [0.25, 0.3) is 0 Å². The molecular weight excluding hydrogens is 256 g/mol. The van der Waals surface area contributed by atoms with Gasteiger partial charge in [-0.05, 0) is 57.7 Å². The minimum Gasteiger partial charge on any atom is -0.312 e. The maximum absolute atomic E-state index is 3.52. The van der Waals surface area contributed by atoms with E-state index in [1.165, 1.54) is 49.0 Å². The van der Waals surface area contributed by atoms with E-state index in [0.29, 0.717) is 11.5 Å². The first-order valence-corrected chi connectivity index (χ1v) is 8.49. The summed E-state index contributed by atoms with van der Waals surface area (Å²) in [6.45, 7) is 12.7. The van der Waals surface area contributed by atoms with Gasteiger partial charge in [-0.2, -0.15) is 0 Å². The van der Waals surface area contributed by atoms with Crippen molar-refractivity contribution in [3.05, 3.63) is 34.9 Å². The highest BCUT2D eigenvalue weighted by molar-refractivity contribution is 5.31. The average molecular weight is 288 g/mol. The quantitative estimate of drug-likeness (QED) is 0.848. The highest BCUT2D eigenvalue weighted by Gasteiger charge is 2.35. The van der Waals surface area contributed by atoms with Crippen LogP contribution in [-0.4, -0.2) is 31.6 Å². The Morgan fingerprint density at radius 1 is 1.14 bits per heavy atom. The van der Waals surface area contributed by atoms with E-state index < -0.39 is 0 Å². The minimum atomic E-state index is 0.438. The molecule has 0 saturated carbocycles. The van der Waals surface area contributed by atoms with Crippen LogP contribution < -0.4 is 5.32 Å². The number of rotatable bonds is 6. The molecule has 0 aromatic heterocycles. The monoisotopic (exact) mass is 288 g/mol. The minimum absolute atomic E-state index is 0.438. The van der Waals surface area contributed by atoms with Crippen molar-refractivity contribution < 1.29 is 0 Å². The van der Waals surface area contributed by atoms with Gasteiger partial charge in [0.1, 0.15) is 0 Å². The summed E-state index contributed by atoms with van der Waals surface area (Å²) in [6.07, 6.45) is 3.99. The molecule has 1 aliphatic rings. The summed E-state index contributed by atoms with van der Waals surface area (Å²) in [6, 6.07) is 7.35. The molecule has 0 spiro atoms. The molecule has 1 unspecified atom stereocenters. The summed E-state index contributed by atoms with van der Waals surface area (Å²) in [5.41, 5.74) is 4.73. The number of aryl methyl sites for hydroxylation is 2. The van der Waals surface area contributed by atoms with Crippen LogP contribution in [-0.2, 0) is 0 Å². The molecule has 1 atom stereocenters. The first kappa shape index (κ1) is 16.5. The Hall–Kier alpha value is -0.860. The van der Waals surface area contributed by atoms with Gasteiger partial charge in [0.15, 0.2) is 0 Å². The Labute approximate surface area is 130 Å². The molecule has 1 aromatic carbocycles. The second kappa shape index (κ2) is 6.93. The SMILES string of the molecule is CCC1(CC)CCN(CC(NC)c2cc(C)cc(C)c2)C1. The van der Waals surface area contributed by atoms with Crippen molar-refractivity contribution in [1.82, 2.24) is 10.2 Å². The van der Waals surface area contributed by atoms with E-state index in [2.05, 4.69) is 63.2 Å². The van der Waals surface area contributed by atoms with Crippen molar-refractivity contribution in [2.24, 2.45) is 5.41 Å². The van der Waals surface area contributed by atoms with Gasteiger partial charge in [0, 0.05) is 19.1 Å². The first-order valence-electron chi connectivity index (χ1n) is 8.49. The van der Waals surface area contributed by atoms with Crippen LogP contribution in [0.2, 0.25) is 0 Å². The molecule has 2 rings (SSSR count). The molecule has 118 valence electrons. The molecule has 0 amide bonds. The number of nitrogens with one attached hydrogen (secondary N) is 1. The van der Waals surface area contributed by atoms with Gasteiger partial charge in [0.05, 0.1) is 0 Å². The largest absolute Gasteiger partial charge is 0.312 e. The number of hydrogen-bond acceptors (Lipinski definition) is 2. The number of nitrogens with zero attached hydrogens (tertiary/aromatic N) is 1. The van der Waals surface area contributed by atoms with E-state index in [9.17, 15) is 0 Å². The standard InChI is InChI=1S/C19H32N2/c1-6-19(7-2)8-9-21(14-19)13-18(20-5)17-11-15(3)10-16(4)12-17/h10-12,18,20H,6-9,13-14H2,1-5H3. The van der Waals surface area contributed by atoms with Crippen LogP contribution in [0.15, 0.2) is 18.2 Å². The summed E-state index contributed by atoms with van der Waals surface area (Å²) >= 11 is 0. The number of likely N-dealkylation sites (tertiary alicyclic amines) is 1. The zero-order valence-corrected chi connectivity index (χ0v) is 14.5. The third-order valence-corrected chi connectivity index (χ3v) is 5.45. The normalized spacial score (nSPS) is 19.9. The lowest BCUT2D eigenvalue weighted by Crippen LogP contribution is -2.34. The predicted molar refractivity (Wildman–Crippen MR) is 91.8 cm³/mol. The Bertz CT molecular complexity index is 442. The number of likely N-dealkylation sites (N-methyl/N-ethyl adjacent to an activating group) is 1. The van der Waals surface area contributed by atoms with Crippen LogP contribution >= 0.6 is 0 Å². The van der Waals surface area contributed by atoms with Crippen LogP contribution in [0.4, 0.5) is 0 Å². The van der Waals surface area contributed by atoms with Gasteiger partial charge in [-0.1, -0.05) is 43.2 Å². The smallest absolute Gasteiger partial charge is 0.0447 e. The van der Waals surface area contributed by atoms with Crippen molar-refractivity contribution in [1.29, 1.82) is 0 Å². The topological polar surface area (TPSA) is 15.3 Å². The van der Waals surface area contributed by atoms with E-state index in [4.69, 9.17) is 0 Å². The molecule has 21 heavy (non-hydrogen) atoms. The zero-order chi connectivity index (χ0) is 15.5. The second-order valence-electron chi connectivity index (χ2n) is 6.95. The van der Waals surface area contributed by atoms with Crippen molar-refractivity contribution >= 4 is 0 Å². The predicted octanol–water partition coefficient (Wildman–Crippen LogP) is 4.08. The molecule has 1 heterocycles. The van der Waals surface area contributed by atoms with Crippen molar-refractivity contribution in [3.8, 4) is 0 Å². The summed E-state index contributed by atoms with van der Waals surface area (Å²) < 4.78 is 0. The van der Waals surface area contributed by atoms with E-state index >= 15 is 0 Å². The fraction of sp³-hybridized carbons (Fsp3) is 0.684. The molecule has 1 aliphatic heterocycles. The van der Waals surface area contributed by atoms with Crippen molar-refractivity contribution in [2.75, 3.05) is 26.7 Å². The molecular formula is C19H32N2. The van der Waals surface area contributed by atoms with Crippen molar-refractivity contribution in [3.63, 3.8) is 0 Å². The third-order valence-electron chi connectivity index (χ3n) is 5.45. The van der Waals surface area contributed by atoms with Gasteiger partial charge in [-0.25, -0.2) is 0 Å². The highest BCUT2D eigenvalue weighted by atomic mass is 15.2. The summed E-state index contributed by atoms with van der Waals surface area (Å²) in [5.74, 6) is 0. The Kier molecular flexibility index (Phi) is 5.45. The maximum Gasteiger partial charge on any atom is 0.0447 e. The van der Waals surface area contributed by atoms with Crippen molar-refractivity contribution in [2.45, 2.75) is 53.0 Å². The summed E-state index contributed by atoms with van der Waals surface area (Å²) in [4.78, 5) is 2.66. The lowest BCUT2D eigenvalue weighted by atomic mass is 9.82. The fourth-order valence-corrected chi connectivity index (χ4v) is 3.84.